The Kier molecular flexibility index (Phi) is 4.23. The van der Waals surface area contributed by atoms with Crippen LogP contribution in [0.1, 0.15) is 42.6 Å². The molecule has 2 rings (SSSR count). The number of hydrogen-bond acceptors (Lipinski definition) is 2. The molecule has 0 aromatic heterocycles. The number of nitrogens with one attached hydrogen (secondary N) is 1. The number of ketones is 1. The predicted molar refractivity (Wildman–Crippen MR) is 74.8 cm³/mol. The summed E-state index contributed by atoms with van der Waals surface area (Å²) in [5.74, 6) is -2.12. The molecule has 0 radical (unpaired) electrons. The van der Waals surface area contributed by atoms with E-state index in [9.17, 15) is 13.6 Å². The molecule has 1 heterocycles. The largest absolute Gasteiger partial charge is 0.316 e. The molecule has 20 heavy (non-hydrogen) atoms. The van der Waals surface area contributed by atoms with Crippen LogP contribution in [0.4, 0.5) is 8.78 Å². The van der Waals surface area contributed by atoms with Crippen LogP contribution in [0.3, 0.4) is 0 Å². The van der Waals surface area contributed by atoms with Gasteiger partial charge in [0.05, 0.1) is 5.56 Å². The molecule has 2 nitrogen and oxygen atoms in total. The summed E-state index contributed by atoms with van der Waals surface area (Å²) in [6.07, 6.45) is 1.94. The maximum absolute atomic E-state index is 14.0. The molecule has 1 unspecified atom stereocenters. The molecule has 1 fully saturated rings. The Hall–Kier alpha value is -1.29. The fourth-order valence-corrected chi connectivity index (χ4v) is 2.82. The van der Waals surface area contributed by atoms with Gasteiger partial charge in [-0.05, 0) is 50.4 Å². The first-order chi connectivity index (χ1) is 9.35. The maximum Gasteiger partial charge on any atom is 0.171 e. The van der Waals surface area contributed by atoms with Crippen molar-refractivity contribution in [3.8, 4) is 0 Å². The monoisotopic (exact) mass is 281 g/mol. The number of hydrogen-bond donors (Lipinski definition) is 1. The fourth-order valence-electron chi connectivity index (χ4n) is 2.82. The summed E-state index contributed by atoms with van der Waals surface area (Å²) in [6, 6.07) is 2.86. The standard InChI is InChI=1S/C16H21F2NO/c1-10-6-7-12(14(18)13(10)17)15(20)16(2,3)11-5-4-8-19-9-11/h6-7,11,19H,4-5,8-9H2,1-3H3. The van der Waals surface area contributed by atoms with E-state index >= 15 is 0 Å². The third-order valence-electron chi connectivity index (χ3n) is 4.42. The zero-order chi connectivity index (χ0) is 14.9. The SMILES string of the molecule is Cc1ccc(C(=O)C(C)(C)C2CCCNC2)c(F)c1F. The van der Waals surface area contributed by atoms with Crippen LogP contribution in [-0.2, 0) is 0 Å². The average molecular weight is 281 g/mol. The van der Waals surface area contributed by atoms with E-state index in [4.69, 9.17) is 0 Å². The highest BCUT2D eigenvalue weighted by molar-refractivity contribution is 6.00. The van der Waals surface area contributed by atoms with Gasteiger partial charge in [-0.25, -0.2) is 8.78 Å². The van der Waals surface area contributed by atoms with E-state index < -0.39 is 17.0 Å². The normalized spacial score (nSPS) is 19.9. The molecule has 1 atom stereocenters. The van der Waals surface area contributed by atoms with Gasteiger partial charge in [0.25, 0.3) is 0 Å². The van der Waals surface area contributed by atoms with Crippen LogP contribution < -0.4 is 5.32 Å². The van der Waals surface area contributed by atoms with Crippen molar-refractivity contribution in [1.29, 1.82) is 0 Å². The van der Waals surface area contributed by atoms with Crippen LogP contribution >= 0.6 is 0 Å². The number of Topliss-reactive ketones (excluding diaryl/α,β-unsaturated/α-hetero) is 1. The van der Waals surface area contributed by atoms with Crippen molar-refractivity contribution in [2.45, 2.75) is 33.6 Å². The Bertz CT molecular complexity index is 519. The van der Waals surface area contributed by atoms with E-state index in [-0.39, 0.29) is 22.8 Å². The molecule has 0 saturated carbocycles. The van der Waals surface area contributed by atoms with Crippen LogP contribution in [0.25, 0.3) is 0 Å². The van der Waals surface area contributed by atoms with E-state index in [1.165, 1.54) is 19.1 Å². The number of carbonyl (C=O) groups excluding carboxylic acids is 1. The second kappa shape index (κ2) is 5.60. The van der Waals surface area contributed by atoms with Crippen molar-refractivity contribution in [3.63, 3.8) is 0 Å². The maximum atomic E-state index is 14.0. The highest BCUT2D eigenvalue weighted by Crippen LogP contribution is 2.36. The first-order valence-electron chi connectivity index (χ1n) is 7.06. The van der Waals surface area contributed by atoms with Crippen LogP contribution in [0.2, 0.25) is 0 Å². The lowest BCUT2D eigenvalue weighted by Gasteiger charge is -2.36. The highest BCUT2D eigenvalue weighted by Gasteiger charge is 2.39. The summed E-state index contributed by atoms with van der Waals surface area (Å²) in [7, 11) is 0. The van der Waals surface area contributed by atoms with Gasteiger partial charge >= 0.3 is 0 Å². The minimum atomic E-state index is -1.02. The Balaban J connectivity index is 2.32. The lowest BCUT2D eigenvalue weighted by molar-refractivity contribution is 0.0702. The first kappa shape index (κ1) is 15.1. The molecular weight excluding hydrogens is 260 g/mol. The molecule has 1 N–H and O–H groups in total. The van der Waals surface area contributed by atoms with Gasteiger partial charge in [0, 0.05) is 5.41 Å². The Labute approximate surface area is 118 Å². The van der Waals surface area contributed by atoms with Crippen molar-refractivity contribution in [3.05, 3.63) is 34.9 Å². The first-order valence-corrected chi connectivity index (χ1v) is 7.06. The van der Waals surface area contributed by atoms with Crippen molar-refractivity contribution < 1.29 is 13.6 Å². The van der Waals surface area contributed by atoms with Crippen molar-refractivity contribution in [1.82, 2.24) is 5.32 Å². The summed E-state index contributed by atoms with van der Waals surface area (Å²) in [4.78, 5) is 12.6. The Morgan fingerprint density at radius 1 is 1.30 bits per heavy atom. The average Bonchev–Trinajstić information content (AvgIpc) is 2.45. The van der Waals surface area contributed by atoms with Crippen molar-refractivity contribution in [2.75, 3.05) is 13.1 Å². The van der Waals surface area contributed by atoms with Crippen LogP contribution in [-0.4, -0.2) is 18.9 Å². The summed E-state index contributed by atoms with van der Waals surface area (Å²) >= 11 is 0. The van der Waals surface area contributed by atoms with Crippen molar-refractivity contribution >= 4 is 5.78 Å². The molecule has 1 aromatic rings. The molecule has 1 aliphatic rings. The van der Waals surface area contributed by atoms with Crippen LogP contribution in [0.5, 0.6) is 0 Å². The zero-order valence-corrected chi connectivity index (χ0v) is 12.2. The number of rotatable bonds is 3. The van der Waals surface area contributed by atoms with Crippen LogP contribution in [0, 0.1) is 29.9 Å². The quantitative estimate of drug-likeness (QED) is 0.859. The molecule has 1 saturated heterocycles. The molecule has 110 valence electrons. The number of aryl methyl sites for hydroxylation is 1. The topological polar surface area (TPSA) is 29.1 Å². The molecule has 0 aliphatic carbocycles. The van der Waals surface area contributed by atoms with E-state index in [1.807, 2.05) is 13.8 Å². The van der Waals surface area contributed by atoms with E-state index in [0.717, 1.165) is 25.9 Å². The summed E-state index contributed by atoms with van der Waals surface area (Å²) in [5.41, 5.74) is -0.615. The number of benzene rings is 1. The number of piperidine rings is 1. The second-order valence-electron chi connectivity index (χ2n) is 6.15. The molecule has 0 amide bonds. The van der Waals surface area contributed by atoms with Crippen LogP contribution in [0.15, 0.2) is 12.1 Å². The third-order valence-corrected chi connectivity index (χ3v) is 4.42. The van der Waals surface area contributed by atoms with Gasteiger partial charge in [0.15, 0.2) is 17.4 Å². The van der Waals surface area contributed by atoms with E-state index in [2.05, 4.69) is 5.32 Å². The highest BCUT2D eigenvalue weighted by atomic mass is 19.2. The van der Waals surface area contributed by atoms with E-state index in [1.54, 1.807) is 0 Å². The lowest BCUT2D eigenvalue weighted by Crippen LogP contribution is -2.42. The van der Waals surface area contributed by atoms with Gasteiger partial charge in [0.1, 0.15) is 0 Å². The van der Waals surface area contributed by atoms with Gasteiger partial charge < -0.3 is 5.32 Å². The summed E-state index contributed by atoms with van der Waals surface area (Å²) in [5, 5.41) is 3.26. The molecule has 0 bridgehead atoms. The van der Waals surface area contributed by atoms with Gasteiger partial charge in [0.2, 0.25) is 0 Å². The molecule has 1 aromatic carbocycles. The van der Waals surface area contributed by atoms with Gasteiger partial charge in [-0.3, -0.25) is 4.79 Å². The lowest BCUT2D eigenvalue weighted by atomic mass is 9.70. The molecule has 1 aliphatic heterocycles. The van der Waals surface area contributed by atoms with Gasteiger partial charge in [-0.2, -0.15) is 0 Å². The Morgan fingerprint density at radius 3 is 2.60 bits per heavy atom. The van der Waals surface area contributed by atoms with Crippen molar-refractivity contribution in [2.24, 2.45) is 11.3 Å². The summed E-state index contributed by atoms with van der Waals surface area (Å²) < 4.78 is 27.6. The molecule has 0 spiro atoms. The fraction of sp³-hybridized carbons (Fsp3) is 0.562. The van der Waals surface area contributed by atoms with Gasteiger partial charge in [-0.15, -0.1) is 0 Å². The molecule has 4 heteroatoms. The second-order valence-corrected chi connectivity index (χ2v) is 6.15. The molecular formula is C16H21F2NO. The van der Waals surface area contributed by atoms with Gasteiger partial charge in [-0.1, -0.05) is 19.9 Å². The zero-order valence-electron chi connectivity index (χ0n) is 12.2. The van der Waals surface area contributed by atoms with E-state index in [0.29, 0.717) is 0 Å². The minimum Gasteiger partial charge on any atom is -0.316 e. The minimum absolute atomic E-state index is 0.135. The summed E-state index contributed by atoms with van der Waals surface area (Å²) in [6.45, 7) is 6.83. The predicted octanol–water partition coefficient (Wildman–Crippen LogP) is 3.48. The Morgan fingerprint density at radius 2 is 2.00 bits per heavy atom. The third kappa shape index (κ3) is 2.62. The smallest absolute Gasteiger partial charge is 0.171 e. The number of halogens is 2. The number of carbonyl (C=O) groups is 1.